The van der Waals surface area contributed by atoms with Crippen LogP contribution in [0, 0.1) is 0 Å². The van der Waals surface area contributed by atoms with Crippen molar-refractivity contribution in [1.82, 2.24) is 20.3 Å². The van der Waals surface area contributed by atoms with Gasteiger partial charge in [0, 0.05) is 43.0 Å². The smallest absolute Gasteiger partial charge is 0.251 e. The van der Waals surface area contributed by atoms with Gasteiger partial charge in [-0.05, 0) is 49.1 Å². The zero-order valence-corrected chi connectivity index (χ0v) is 14.6. The summed E-state index contributed by atoms with van der Waals surface area (Å²) in [7, 11) is 0. The zero-order chi connectivity index (χ0) is 17.8. The lowest BCUT2D eigenvalue weighted by atomic mass is 10.1. The molecular formula is C20H21N5O. The van der Waals surface area contributed by atoms with Crippen LogP contribution in [0.3, 0.4) is 0 Å². The van der Waals surface area contributed by atoms with Gasteiger partial charge >= 0.3 is 0 Å². The first kappa shape index (κ1) is 16.4. The molecule has 6 nitrogen and oxygen atoms in total. The lowest BCUT2D eigenvalue weighted by molar-refractivity contribution is 0.0951. The minimum Gasteiger partial charge on any atom is -0.356 e. The molecule has 1 aliphatic rings. The summed E-state index contributed by atoms with van der Waals surface area (Å²) in [4.78, 5) is 27.8. The molecule has 1 fully saturated rings. The maximum Gasteiger partial charge on any atom is 0.251 e. The van der Waals surface area contributed by atoms with E-state index in [4.69, 9.17) is 0 Å². The molecule has 0 radical (unpaired) electrons. The number of nitrogens with one attached hydrogen (secondary N) is 1. The number of carbonyl (C=O) groups is 1. The third-order valence-corrected chi connectivity index (χ3v) is 4.71. The lowest BCUT2D eigenvalue weighted by Gasteiger charge is -2.28. The number of benzene rings is 1. The average molecular weight is 347 g/mol. The second kappa shape index (κ2) is 7.47. The van der Waals surface area contributed by atoms with Gasteiger partial charge in [0.1, 0.15) is 12.1 Å². The number of anilines is 1. The van der Waals surface area contributed by atoms with E-state index < -0.39 is 0 Å². The maximum absolute atomic E-state index is 12.6. The maximum atomic E-state index is 12.6. The van der Waals surface area contributed by atoms with Gasteiger partial charge in [-0.3, -0.25) is 9.78 Å². The third kappa shape index (κ3) is 3.49. The minimum atomic E-state index is -0.107. The van der Waals surface area contributed by atoms with Crippen molar-refractivity contribution in [3.8, 4) is 0 Å². The molecule has 2 aromatic heterocycles. The second-order valence-electron chi connectivity index (χ2n) is 6.52. The summed E-state index contributed by atoms with van der Waals surface area (Å²) in [5, 5.41) is 3.88. The highest BCUT2D eigenvalue weighted by atomic mass is 16.1. The van der Waals surface area contributed by atoms with E-state index in [2.05, 4.69) is 25.2 Å². The van der Waals surface area contributed by atoms with E-state index in [0.29, 0.717) is 12.1 Å². The quantitative estimate of drug-likeness (QED) is 0.786. The second-order valence-corrected chi connectivity index (χ2v) is 6.52. The average Bonchev–Trinajstić information content (AvgIpc) is 2.72. The summed E-state index contributed by atoms with van der Waals surface area (Å²) in [5.41, 5.74) is 2.46. The molecule has 4 rings (SSSR count). The summed E-state index contributed by atoms with van der Waals surface area (Å²) in [6.45, 7) is 2.46. The van der Waals surface area contributed by atoms with Crippen molar-refractivity contribution in [3.05, 3.63) is 60.2 Å². The van der Waals surface area contributed by atoms with Gasteiger partial charge in [-0.2, -0.15) is 0 Å². The van der Waals surface area contributed by atoms with Gasteiger partial charge in [0.25, 0.3) is 5.91 Å². The number of fused-ring (bicyclic) bond motifs is 1. The Morgan fingerprint density at radius 2 is 2.00 bits per heavy atom. The fraction of sp³-hybridized carbons (Fsp3) is 0.300. The molecule has 0 atom stereocenters. The van der Waals surface area contributed by atoms with Gasteiger partial charge in [-0.1, -0.05) is 6.07 Å². The van der Waals surface area contributed by atoms with Crippen LogP contribution in [-0.4, -0.2) is 33.9 Å². The minimum absolute atomic E-state index is 0.107. The Morgan fingerprint density at radius 1 is 1.12 bits per heavy atom. The van der Waals surface area contributed by atoms with E-state index in [9.17, 15) is 4.79 Å². The number of aromatic nitrogens is 3. The monoisotopic (exact) mass is 347 g/mol. The van der Waals surface area contributed by atoms with Gasteiger partial charge in [-0.25, -0.2) is 9.97 Å². The summed E-state index contributed by atoms with van der Waals surface area (Å²) in [5.74, 6) is 0.820. The third-order valence-electron chi connectivity index (χ3n) is 4.71. The fourth-order valence-corrected chi connectivity index (χ4v) is 3.33. The fourth-order valence-electron chi connectivity index (χ4n) is 3.33. The number of carbonyl (C=O) groups excluding carboxylic acids is 1. The molecule has 1 saturated heterocycles. The number of amides is 1. The molecule has 3 aromatic rings. The van der Waals surface area contributed by atoms with Crippen molar-refractivity contribution >= 4 is 22.6 Å². The van der Waals surface area contributed by atoms with Crippen molar-refractivity contribution in [2.45, 2.75) is 25.8 Å². The summed E-state index contributed by atoms with van der Waals surface area (Å²) < 4.78 is 0. The van der Waals surface area contributed by atoms with E-state index in [-0.39, 0.29) is 5.91 Å². The van der Waals surface area contributed by atoms with Crippen molar-refractivity contribution in [2.24, 2.45) is 0 Å². The van der Waals surface area contributed by atoms with Gasteiger partial charge in [0.2, 0.25) is 0 Å². The molecule has 3 heterocycles. The molecule has 0 unspecified atom stereocenters. The van der Waals surface area contributed by atoms with E-state index in [1.807, 2.05) is 30.3 Å². The van der Waals surface area contributed by atoms with Crippen LogP contribution in [0.4, 0.5) is 5.82 Å². The van der Waals surface area contributed by atoms with Crippen LogP contribution in [0.15, 0.2) is 49.1 Å². The first-order valence-corrected chi connectivity index (χ1v) is 8.98. The molecule has 26 heavy (non-hydrogen) atoms. The molecule has 1 aromatic carbocycles. The predicted molar refractivity (Wildman–Crippen MR) is 101 cm³/mol. The summed E-state index contributed by atoms with van der Waals surface area (Å²) in [6.07, 6.45) is 8.70. The molecular weight excluding hydrogens is 326 g/mol. The first-order valence-electron chi connectivity index (χ1n) is 8.98. The van der Waals surface area contributed by atoms with Gasteiger partial charge < -0.3 is 10.2 Å². The van der Waals surface area contributed by atoms with Crippen molar-refractivity contribution in [3.63, 3.8) is 0 Å². The Morgan fingerprint density at radius 3 is 2.81 bits per heavy atom. The number of nitrogens with zero attached hydrogens (tertiary/aromatic N) is 4. The molecule has 132 valence electrons. The van der Waals surface area contributed by atoms with Crippen molar-refractivity contribution in [1.29, 1.82) is 0 Å². The molecule has 0 saturated carbocycles. The molecule has 0 bridgehead atoms. The Labute approximate surface area is 152 Å². The standard InChI is InChI=1S/C20H21N5O/c26-20(22-13-15-5-4-8-21-12-15)16-6-7-18-17(11-16)19(24-14-23-18)25-9-2-1-3-10-25/h4-8,11-12,14H,1-3,9-10,13H2,(H,22,26). The lowest BCUT2D eigenvalue weighted by Crippen LogP contribution is -2.30. The topological polar surface area (TPSA) is 71.0 Å². The van der Waals surface area contributed by atoms with E-state index in [1.54, 1.807) is 18.7 Å². The predicted octanol–water partition coefficient (Wildman–Crippen LogP) is 2.95. The highest BCUT2D eigenvalue weighted by Crippen LogP contribution is 2.26. The largest absolute Gasteiger partial charge is 0.356 e. The normalized spacial score (nSPS) is 14.4. The Kier molecular flexibility index (Phi) is 4.73. The molecule has 1 amide bonds. The molecule has 0 aliphatic carbocycles. The number of piperidine rings is 1. The van der Waals surface area contributed by atoms with Gasteiger partial charge in [-0.15, -0.1) is 0 Å². The number of hydrogen-bond donors (Lipinski definition) is 1. The molecule has 1 aliphatic heterocycles. The van der Waals surface area contributed by atoms with Crippen LogP contribution in [0.2, 0.25) is 0 Å². The SMILES string of the molecule is O=C(NCc1cccnc1)c1ccc2ncnc(N3CCCCC3)c2c1. The van der Waals surface area contributed by atoms with Crippen LogP contribution < -0.4 is 10.2 Å². The van der Waals surface area contributed by atoms with Crippen LogP contribution in [0.25, 0.3) is 10.9 Å². The summed E-state index contributed by atoms with van der Waals surface area (Å²) >= 11 is 0. The van der Waals surface area contributed by atoms with E-state index in [1.165, 1.54) is 19.3 Å². The van der Waals surface area contributed by atoms with Gasteiger partial charge in [0.15, 0.2) is 0 Å². The highest BCUT2D eigenvalue weighted by Gasteiger charge is 2.16. The summed E-state index contributed by atoms with van der Waals surface area (Å²) in [6, 6.07) is 9.41. The number of pyridine rings is 1. The Hall–Kier alpha value is -3.02. The highest BCUT2D eigenvalue weighted by molar-refractivity contribution is 6.00. The van der Waals surface area contributed by atoms with Crippen LogP contribution in [0.5, 0.6) is 0 Å². The van der Waals surface area contributed by atoms with Crippen LogP contribution in [0.1, 0.15) is 35.2 Å². The van der Waals surface area contributed by atoms with E-state index in [0.717, 1.165) is 35.4 Å². The molecule has 0 spiro atoms. The van der Waals surface area contributed by atoms with Crippen molar-refractivity contribution < 1.29 is 4.79 Å². The van der Waals surface area contributed by atoms with Crippen molar-refractivity contribution in [2.75, 3.05) is 18.0 Å². The number of hydrogen-bond acceptors (Lipinski definition) is 5. The van der Waals surface area contributed by atoms with E-state index >= 15 is 0 Å². The first-order chi connectivity index (χ1) is 12.8. The Bertz CT molecular complexity index is 906. The van der Waals surface area contributed by atoms with Crippen LogP contribution in [-0.2, 0) is 6.54 Å². The molecule has 1 N–H and O–H groups in total. The molecule has 6 heteroatoms. The van der Waals surface area contributed by atoms with Crippen LogP contribution >= 0.6 is 0 Å². The zero-order valence-electron chi connectivity index (χ0n) is 14.6. The Balaban J connectivity index is 1.58. The van der Waals surface area contributed by atoms with Gasteiger partial charge in [0.05, 0.1) is 5.52 Å². The number of rotatable bonds is 4.